The minimum absolute atomic E-state index is 0.347. The molecule has 0 unspecified atom stereocenters. The van der Waals surface area contributed by atoms with Gasteiger partial charge in [-0.3, -0.25) is 4.79 Å². The van der Waals surface area contributed by atoms with Crippen molar-refractivity contribution in [1.82, 2.24) is 5.32 Å². The molecule has 1 amide bonds. The SMILES string of the molecule is CCCCCOC(=O)NCC(=O)O. The van der Waals surface area contributed by atoms with Gasteiger partial charge in [0.25, 0.3) is 0 Å². The van der Waals surface area contributed by atoms with Gasteiger partial charge in [0.15, 0.2) is 0 Å². The van der Waals surface area contributed by atoms with Crippen LogP contribution in [0.5, 0.6) is 0 Å². The normalized spacial score (nSPS) is 9.31. The van der Waals surface area contributed by atoms with E-state index < -0.39 is 18.6 Å². The lowest BCUT2D eigenvalue weighted by Crippen LogP contribution is -2.30. The fourth-order valence-electron chi connectivity index (χ4n) is 0.716. The third-order valence-electron chi connectivity index (χ3n) is 1.36. The summed E-state index contributed by atoms with van der Waals surface area (Å²) in [5, 5.41) is 10.3. The molecule has 0 spiro atoms. The number of alkyl carbamates (subject to hydrolysis) is 1. The number of amides is 1. The van der Waals surface area contributed by atoms with E-state index in [1.807, 2.05) is 6.92 Å². The lowest BCUT2D eigenvalue weighted by molar-refractivity contribution is -0.135. The van der Waals surface area contributed by atoms with Crippen LogP contribution in [0.3, 0.4) is 0 Å². The van der Waals surface area contributed by atoms with E-state index in [0.717, 1.165) is 19.3 Å². The minimum Gasteiger partial charge on any atom is -0.480 e. The van der Waals surface area contributed by atoms with Crippen molar-refractivity contribution >= 4 is 12.1 Å². The monoisotopic (exact) mass is 189 g/mol. The molecule has 0 aliphatic carbocycles. The number of carboxylic acids is 1. The van der Waals surface area contributed by atoms with Crippen LogP contribution in [-0.4, -0.2) is 30.3 Å². The zero-order chi connectivity index (χ0) is 10.1. The largest absolute Gasteiger partial charge is 0.480 e. The molecular formula is C8H15NO4. The van der Waals surface area contributed by atoms with Crippen LogP contribution in [0.2, 0.25) is 0 Å². The maximum atomic E-state index is 10.7. The number of nitrogens with one attached hydrogen (secondary N) is 1. The van der Waals surface area contributed by atoms with Crippen LogP contribution in [0.25, 0.3) is 0 Å². The second kappa shape index (κ2) is 7.39. The molecule has 13 heavy (non-hydrogen) atoms. The molecule has 0 aromatic rings. The van der Waals surface area contributed by atoms with Crippen LogP contribution in [-0.2, 0) is 9.53 Å². The molecule has 76 valence electrons. The van der Waals surface area contributed by atoms with Gasteiger partial charge in [0, 0.05) is 0 Å². The van der Waals surface area contributed by atoms with Crippen molar-refractivity contribution in [1.29, 1.82) is 0 Å². The zero-order valence-electron chi connectivity index (χ0n) is 7.71. The van der Waals surface area contributed by atoms with Gasteiger partial charge in [-0.25, -0.2) is 4.79 Å². The topological polar surface area (TPSA) is 75.6 Å². The highest BCUT2D eigenvalue weighted by atomic mass is 16.5. The second-order valence-corrected chi connectivity index (χ2v) is 2.59. The van der Waals surface area contributed by atoms with Crippen molar-refractivity contribution in [2.45, 2.75) is 26.2 Å². The molecule has 2 N–H and O–H groups in total. The third kappa shape index (κ3) is 8.65. The van der Waals surface area contributed by atoms with Crippen LogP contribution in [0.1, 0.15) is 26.2 Å². The van der Waals surface area contributed by atoms with E-state index >= 15 is 0 Å². The Labute approximate surface area is 77.1 Å². The van der Waals surface area contributed by atoms with E-state index in [-0.39, 0.29) is 0 Å². The van der Waals surface area contributed by atoms with Crippen molar-refractivity contribution in [2.75, 3.05) is 13.2 Å². The second-order valence-electron chi connectivity index (χ2n) is 2.59. The fraction of sp³-hybridized carbons (Fsp3) is 0.750. The van der Waals surface area contributed by atoms with E-state index in [9.17, 15) is 9.59 Å². The van der Waals surface area contributed by atoms with Crippen LogP contribution < -0.4 is 5.32 Å². The van der Waals surface area contributed by atoms with Crippen molar-refractivity contribution in [3.63, 3.8) is 0 Å². The number of ether oxygens (including phenoxy) is 1. The van der Waals surface area contributed by atoms with Crippen LogP contribution >= 0.6 is 0 Å². The Morgan fingerprint density at radius 1 is 1.38 bits per heavy atom. The standard InChI is InChI=1S/C8H15NO4/c1-2-3-4-5-13-8(12)9-6-7(10)11/h2-6H2,1H3,(H,9,12)(H,10,11). The quantitative estimate of drug-likeness (QED) is 0.611. The molecule has 0 saturated carbocycles. The number of carbonyl (C=O) groups is 2. The van der Waals surface area contributed by atoms with Crippen molar-refractivity contribution in [2.24, 2.45) is 0 Å². The Bertz CT molecular complexity index is 170. The minimum atomic E-state index is -1.08. The Morgan fingerprint density at radius 3 is 2.62 bits per heavy atom. The average molecular weight is 189 g/mol. The molecule has 0 aromatic heterocycles. The summed E-state index contributed by atoms with van der Waals surface area (Å²) in [5.74, 6) is -1.08. The highest BCUT2D eigenvalue weighted by molar-refractivity contribution is 5.76. The molecule has 0 radical (unpaired) electrons. The Kier molecular flexibility index (Phi) is 6.68. The number of carboxylic acid groups (broad SMARTS) is 1. The first-order chi connectivity index (χ1) is 6.16. The maximum absolute atomic E-state index is 10.7. The average Bonchev–Trinajstić information content (AvgIpc) is 2.09. The molecule has 0 bridgehead atoms. The van der Waals surface area contributed by atoms with Gasteiger partial charge in [-0.2, -0.15) is 0 Å². The van der Waals surface area contributed by atoms with Gasteiger partial charge in [0.05, 0.1) is 6.61 Å². The van der Waals surface area contributed by atoms with Crippen molar-refractivity contribution in [3.8, 4) is 0 Å². The van der Waals surface area contributed by atoms with E-state index in [4.69, 9.17) is 5.11 Å². The van der Waals surface area contributed by atoms with Gasteiger partial charge in [-0.05, 0) is 6.42 Å². The lowest BCUT2D eigenvalue weighted by atomic mass is 10.3. The fourth-order valence-corrected chi connectivity index (χ4v) is 0.716. The lowest BCUT2D eigenvalue weighted by Gasteiger charge is -2.03. The number of unbranched alkanes of at least 4 members (excludes halogenated alkanes) is 2. The number of aliphatic carboxylic acids is 1. The van der Waals surface area contributed by atoms with Crippen LogP contribution in [0.4, 0.5) is 4.79 Å². The summed E-state index contributed by atoms with van der Waals surface area (Å²) in [6, 6.07) is 0. The first-order valence-corrected chi connectivity index (χ1v) is 4.29. The Hall–Kier alpha value is -1.26. The zero-order valence-corrected chi connectivity index (χ0v) is 7.71. The summed E-state index contributed by atoms with van der Waals surface area (Å²) >= 11 is 0. The van der Waals surface area contributed by atoms with E-state index in [2.05, 4.69) is 10.1 Å². The number of carbonyl (C=O) groups excluding carboxylic acids is 1. The summed E-state index contributed by atoms with van der Waals surface area (Å²) in [5.41, 5.74) is 0. The Balaban J connectivity index is 3.25. The first kappa shape index (κ1) is 11.7. The highest BCUT2D eigenvalue weighted by Crippen LogP contribution is 1.93. The third-order valence-corrected chi connectivity index (χ3v) is 1.36. The van der Waals surface area contributed by atoms with Gasteiger partial charge >= 0.3 is 12.1 Å². The molecule has 0 aromatic carbocycles. The summed E-state index contributed by atoms with van der Waals surface area (Å²) in [7, 11) is 0. The number of hydrogen-bond donors (Lipinski definition) is 2. The van der Waals surface area contributed by atoms with Crippen molar-refractivity contribution in [3.05, 3.63) is 0 Å². The summed E-state index contributed by atoms with van der Waals surface area (Å²) in [6.45, 7) is 2.00. The summed E-state index contributed by atoms with van der Waals surface area (Å²) in [6.07, 6.45) is 2.21. The van der Waals surface area contributed by atoms with Crippen LogP contribution in [0.15, 0.2) is 0 Å². The Morgan fingerprint density at radius 2 is 2.08 bits per heavy atom. The molecule has 0 rings (SSSR count). The van der Waals surface area contributed by atoms with E-state index in [0.29, 0.717) is 6.61 Å². The molecule has 0 saturated heterocycles. The smallest absolute Gasteiger partial charge is 0.407 e. The van der Waals surface area contributed by atoms with E-state index in [1.165, 1.54) is 0 Å². The summed E-state index contributed by atoms with van der Waals surface area (Å²) in [4.78, 5) is 20.7. The first-order valence-electron chi connectivity index (χ1n) is 4.29. The molecule has 0 aliphatic rings. The number of hydrogen-bond acceptors (Lipinski definition) is 3. The predicted molar refractivity (Wildman–Crippen MR) is 46.5 cm³/mol. The molecule has 5 heteroatoms. The molecule has 0 aliphatic heterocycles. The highest BCUT2D eigenvalue weighted by Gasteiger charge is 2.02. The summed E-state index contributed by atoms with van der Waals surface area (Å²) < 4.78 is 4.68. The van der Waals surface area contributed by atoms with Gasteiger partial charge in [0.1, 0.15) is 6.54 Å². The van der Waals surface area contributed by atoms with Crippen LogP contribution in [0, 0.1) is 0 Å². The van der Waals surface area contributed by atoms with Gasteiger partial charge in [-0.15, -0.1) is 0 Å². The van der Waals surface area contributed by atoms with Gasteiger partial charge < -0.3 is 15.2 Å². The molecule has 0 fully saturated rings. The number of rotatable bonds is 6. The predicted octanol–water partition coefficient (Wildman–Crippen LogP) is 0.987. The van der Waals surface area contributed by atoms with Crippen molar-refractivity contribution < 1.29 is 19.4 Å². The van der Waals surface area contributed by atoms with Gasteiger partial charge in [-0.1, -0.05) is 19.8 Å². The van der Waals surface area contributed by atoms with E-state index in [1.54, 1.807) is 0 Å². The molecule has 5 nitrogen and oxygen atoms in total. The molecule has 0 atom stereocenters. The molecular weight excluding hydrogens is 174 g/mol. The molecule has 0 heterocycles. The maximum Gasteiger partial charge on any atom is 0.407 e. The van der Waals surface area contributed by atoms with Gasteiger partial charge in [0.2, 0.25) is 0 Å².